The zero-order valence-corrected chi connectivity index (χ0v) is 15.9. The third-order valence-electron chi connectivity index (χ3n) is 4.30. The summed E-state index contributed by atoms with van der Waals surface area (Å²) >= 11 is 0. The van der Waals surface area contributed by atoms with Gasteiger partial charge in [0.1, 0.15) is 5.75 Å². The number of hydrogen-bond acceptors (Lipinski definition) is 3. The van der Waals surface area contributed by atoms with E-state index >= 15 is 0 Å². The zero-order valence-electron chi connectivity index (χ0n) is 15.9. The molecule has 0 fully saturated rings. The van der Waals surface area contributed by atoms with Crippen LogP contribution in [-0.2, 0) is 26.8 Å². The van der Waals surface area contributed by atoms with Gasteiger partial charge in [-0.2, -0.15) is 0 Å². The predicted molar refractivity (Wildman–Crippen MR) is 95.0 cm³/mol. The maximum Gasteiger partial charge on any atom is 0.308 e. The summed E-state index contributed by atoms with van der Waals surface area (Å²) in [6.07, 6.45) is 1.37. The van der Waals surface area contributed by atoms with Gasteiger partial charge < -0.3 is 9.84 Å². The largest absolute Gasteiger partial charge is 0.507 e. The smallest absolute Gasteiger partial charge is 0.308 e. The number of aromatic hydroxyl groups is 1. The summed E-state index contributed by atoms with van der Waals surface area (Å²) in [6, 6.07) is 4.08. The molecule has 1 rings (SSSR count). The van der Waals surface area contributed by atoms with Crippen LogP contribution in [0.2, 0.25) is 0 Å². The molecule has 0 saturated heterocycles. The van der Waals surface area contributed by atoms with Crippen molar-refractivity contribution in [2.45, 2.75) is 72.1 Å². The van der Waals surface area contributed by atoms with Crippen LogP contribution in [0.4, 0.5) is 0 Å². The van der Waals surface area contributed by atoms with E-state index in [2.05, 4.69) is 41.5 Å². The lowest BCUT2D eigenvalue weighted by molar-refractivity contribution is -0.145. The number of phenols is 1. The van der Waals surface area contributed by atoms with Crippen LogP contribution in [0.1, 0.15) is 71.6 Å². The molecule has 23 heavy (non-hydrogen) atoms. The molecule has 0 aromatic heterocycles. The summed E-state index contributed by atoms with van der Waals surface area (Å²) in [5, 5.41) is 10.7. The van der Waals surface area contributed by atoms with E-state index in [1.807, 2.05) is 19.1 Å². The highest BCUT2D eigenvalue weighted by atomic mass is 16.5. The molecule has 0 radical (unpaired) electrons. The number of methoxy groups -OCH3 is 1. The first-order chi connectivity index (χ1) is 10.4. The maximum absolute atomic E-state index is 11.9. The molecule has 3 heteroatoms. The average molecular weight is 320 g/mol. The third kappa shape index (κ3) is 4.73. The summed E-state index contributed by atoms with van der Waals surface area (Å²) < 4.78 is 4.91. The molecule has 1 N–H and O–H groups in total. The van der Waals surface area contributed by atoms with Crippen molar-refractivity contribution in [3.63, 3.8) is 0 Å². The van der Waals surface area contributed by atoms with Crippen molar-refractivity contribution in [2.24, 2.45) is 5.92 Å². The SMILES string of the molecule is CCC(Cc1cc(C(C)(C)C)c(O)c(C(C)(C)C)c1)C(=O)OC. The number of phenolic OH excluding ortho intramolecular Hbond substituents is 1. The second-order valence-electron chi connectivity index (χ2n) is 8.37. The summed E-state index contributed by atoms with van der Waals surface area (Å²) in [7, 11) is 1.43. The van der Waals surface area contributed by atoms with E-state index in [0.29, 0.717) is 12.2 Å². The highest BCUT2D eigenvalue weighted by Gasteiger charge is 2.27. The zero-order chi connectivity index (χ0) is 18.0. The van der Waals surface area contributed by atoms with E-state index in [1.54, 1.807) is 0 Å². The van der Waals surface area contributed by atoms with Crippen LogP contribution in [0.3, 0.4) is 0 Å². The van der Waals surface area contributed by atoms with Crippen LogP contribution in [0.5, 0.6) is 5.75 Å². The Labute approximate surface area is 141 Å². The molecule has 1 atom stereocenters. The van der Waals surface area contributed by atoms with Crippen molar-refractivity contribution in [2.75, 3.05) is 7.11 Å². The van der Waals surface area contributed by atoms with Crippen LogP contribution >= 0.6 is 0 Å². The van der Waals surface area contributed by atoms with Crippen molar-refractivity contribution in [3.8, 4) is 5.75 Å². The lowest BCUT2D eigenvalue weighted by atomic mass is 9.77. The van der Waals surface area contributed by atoms with Gasteiger partial charge in [-0.25, -0.2) is 0 Å². The minimum atomic E-state index is -0.171. The summed E-state index contributed by atoms with van der Waals surface area (Å²) in [6.45, 7) is 14.6. The van der Waals surface area contributed by atoms with Crippen molar-refractivity contribution in [1.82, 2.24) is 0 Å². The van der Waals surface area contributed by atoms with Crippen LogP contribution in [0.25, 0.3) is 0 Å². The van der Waals surface area contributed by atoms with Crippen molar-refractivity contribution in [1.29, 1.82) is 0 Å². The molecule has 1 aromatic rings. The van der Waals surface area contributed by atoms with E-state index in [4.69, 9.17) is 4.74 Å². The van der Waals surface area contributed by atoms with Gasteiger partial charge in [-0.3, -0.25) is 4.79 Å². The quantitative estimate of drug-likeness (QED) is 0.816. The van der Waals surface area contributed by atoms with Gasteiger partial charge in [-0.15, -0.1) is 0 Å². The van der Waals surface area contributed by atoms with Gasteiger partial charge in [0.25, 0.3) is 0 Å². The Kier molecular flexibility index (Phi) is 5.89. The third-order valence-corrected chi connectivity index (χ3v) is 4.30. The standard InChI is InChI=1S/C20H32O3/c1-9-14(18(22)23-8)10-13-11-15(19(2,3)4)17(21)16(12-13)20(5,6)7/h11-12,14,21H,9-10H2,1-8H3. The first kappa shape index (κ1) is 19.5. The summed E-state index contributed by atoms with van der Waals surface area (Å²) in [5.74, 6) is 0.0558. The molecule has 0 saturated carbocycles. The Morgan fingerprint density at radius 2 is 1.52 bits per heavy atom. The van der Waals surface area contributed by atoms with E-state index in [0.717, 1.165) is 23.1 Å². The second-order valence-corrected chi connectivity index (χ2v) is 8.37. The van der Waals surface area contributed by atoms with Gasteiger partial charge >= 0.3 is 5.97 Å². The number of hydrogen-bond donors (Lipinski definition) is 1. The topological polar surface area (TPSA) is 46.5 Å². The Morgan fingerprint density at radius 1 is 1.09 bits per heavy atom. The van der Waals surface area contributed by atoms with Crippen molar-refractivity contribution in [3.05, 3.63) is 28.8 Å². The van der Waals surface area contributed by atoms with Gasteiger partial charge in [0.15, 0.2) is 0 Å². The van der Waals surface area contributed by atoms with Gasteiger partial charge in [-0.1, -0.05) is 60.6 Å². The lowest BCUT2D eigenvalue weighted by Gasteiger charge is -2.28. The molecule has 0 bridgehead atoms. The van der Waals surface area contributed by atoms with Gasteiger partial charge in [-0.05, 0) is 40.4 Å². The first-order valence-electron chi connectivity index (χ1n) is 8.36. The first-order valence-corrected chi connectivity index (χ1v) is 8.36. The molecule has 1 unspecified atom stereocenters. The Hall–Kier alpha value is -1.51. The van der Waals surface area contributed by atoms with Gasteiger partial charge in [0.05, 0.1) is 13.0 Å². The molecular formula is C20H32O3. The van der Waals surface area contributed by atoms with Gasteiger partial charge in [0, 0.05) is 0 Å². The minimum absolute atomic E-state index is 0.148. The molecule has 3 nitrogen and oxygen atoms in total. The highest BCUT2D eigenvalue weighted by molar-refractivity contribution is 5.72. The minimum Gasteiger partial charge on any atom is -0.507 e. The molecule has 130 valence electrons. The molecule has 1 aromatic carbocycles. The maximum atomic E-state index is 11.9. The summed E-state index contributed by atoms with van der Waals surface area (Å²) in [4.78, 5) is 11.9. The molecule has 0 spiro atoms. The Balaban J connectivity index is 3.41. The summed E-state index contributed by atoms with van der Waals surface area (Å²) in [5.41, 5.74) is 2.62. The Morgan fingerprint density at radius 3 is 1.83 bits per heavy atom. The fourth-order valence-corrected chi connectivity index (χ4v) is 2.80. The van der Waals surface area contributed by atoms with E-state index < -0.39 is 0 Å². The molecule has 0 amide bonds. The normalized spacial score (nSPS) is 13.7. The fraction of sp³-hybridized carbons (Fsp3) is 0.650. The van der Waals surface area contributed by atoms with Crippen molar-refractivity contribution < 1.29 is 14.6 Å². The molecular weight excluding hydrogens is 288 g/mol. The number of benzene rings is 1. The Bertz CT molecular complexity index is 524. The van der Waals surface area contributed by atoms with Crippen molar-refractivity contribution >= 4 is 5.97 Å². The average Bonchev–Trinajstić information content (AvgIpc) is 2.42. The highest BCUT2D eigenvalue weighted by Crippen LogP contribution is 2.40. The molecule has 0 aliphatic rings. The van der Waals surface area contributed by atoms with Crippen LogP contribution in [0, 0.1) is 5.92 Å². The number of carbonyl (C=O) groups is 1. The monoisotopic (exact) mass is 320 g/mol. The lowest BCUT2D eigenvalue weighted by Crippen LogP contribution is -2.21. The molecule has 0 heterocycles. The number of ether oxygens (including phenoxy) is 1. The number of carbonyl (C=O) groups excluding carboxylic acids is 1. The predicted octanol–water partition coefficient (Wildman–Crippen LogP) is 4.73. The second kappa shape index (κ2) is 6.94. The molecule has 0 aliphatic carbocycles. The number of rotatable bonds is 4. The molecule has 0 aliphatic heterocycles. The van der Waals surface area contributed by atoms with Crippen LogP contribution in [-0.4, -0.2) is 18.2 Å². The van der Waals surface area contributed by atoms with E-state index in [9.17, 15) is 9.90 Å². The van der Waals surface area contributed by atoms with Crippen LogP contribution in [0.15, 0.2) is 12.1 Å². The fourth-order valence-electron chi connectivity index (χ4n) is 2.80. The number of esters is 1. The van der Waals surface area contributed by atoms with Gasteiger partial charge in [0.2, 0.25) is 0 Å². The van der Waals surface area contributed by atoms with E-state index in [-0.39, 0.29) is 22.7 Å². The van der Waals surface area contributed by atoms with E-state index in [1.165, 1.54) is 7.11 Å². The van der Waals surface area contributed by atoms with Crippen LogP contribution < -0.4 is 0 Å².